The van der Waals surface area contributed by atoms with Crippen molar-refractivity contribution in [2.75, 3.05) is 25.6 Å². The molecule has 9 nitrogen and oxygen atoms in total. The van der Waals surface area contributed by atoms with Gasteiger partial charge < -0.3 is 19.1 Å². The number of ether oxygens (including phenoxy) is 3. The zero-order valence-corrected chi connectivity index (χ0v) is 22.2. The SMILES string of the molecule is CC(=O)OCC(C)(C)C[C@](C)(COC(=O)Nc1cc2cc(F)ccc2cn1)N(C)C(=O)OC(C)(C)C. The van der Waals surface area contributed by atoms with E-state index in [1.54, 1.807) is 40.8 Å². The van der Waals surface area contributed by atoms with E-state index >= 15 is 0 Å². The van der Waals surface area contributed by atoms with E-state index in [9.17, 15) is 18.8 Å². The number of anilines is 1. The van der Waals surface area contributed by atoms with Crippen LogP contribution in [-0.4, -0.2) is 59.4 Å². The molecule has 2 rings (SSSR count). The summed E-state index contributed by atoms with van der Waals surface area (Å²) in [5.41, 5.74) is -2.29. The summed E-state index contributed by atoms with van der Waals surface area (Å²) < 4.78 is 29.8. The molecule has 0 saturated heterocycles. The Morgan fingerprint density at radius 1 is 1.00 bits per heavy atom. The quantitative estimate of drug-likeness (QED) is 0.371. The van der Waals surface area contributed by atoms with Gasteiger partial charge in [0, 0.05) is 31.0 Å². The molecule has 0 aliphatic carbocycles. The average Bonchev–Trinajstić information content (AvgIpc) is 2.74. The molecule has 0 unspecified atom stereocenters. The van der Waals surface area contributed by atoms with Crippen LogP contribution >= 0.6 is 0 Å². The first kappa shape index (κ1) is 28.8. The molecule has 0 fully saturated rings. The number of carbonyl (C=O) groups excluding carboxylic acids is 3. The fourth-order valence-corrected chi connectivity index (χ4v) is 3.74. The van der Waals surface area contributed by atoms with Crippen LogP contribution < -0.4 is 5.32 Å². The van der Waals surface area contributed by atoms with Gasteiger partial charge in [0.1, 0.15) is 23.8 Å². The lowest BCUT2D eigenvalue weighted by Crippen LogP contribution is -2.54. The number of likely N-dealkylation sites (N-methyl/N-ethyl adjacent to an activating group) is 1. The van der Waals surface area contributed by atoms with Gasteiger partial charge in [0.15, 0.2) is 0 Å². The Labute approximate surface area is 211 Å². The predicted molar refractivity (Wildman–Crippen MR) is 134 cm³/mol. The number of rotatable bonds is 8. The molecule has 0 radical (unpaired) electrons. The highest BCUT2D eigenvalue weighted by Gasteiger charge is 2.41. The number of benzene rings is 1. The van der Waals surface area contributed by atoms with Crippen molar-refractivity contribution in [2.45, 2.75) is 66.0 Å². The number of hydrogen-bond acceptors (Lipinski definition) is 7. The number of carbonyl (C=O) groups is 3. The van der Waals surface area contributed by atoms with Crippen molar-refractivity contribution < 1.29 is 33.0 Å². The molecule has 1 atom stereocenters. The molecule has 1 aromatic heterocycles. The third-order valence-electron chi connectivity index (χ3n) is 5.43. The van der Waals surface area contributed by atoms with E-state index in [-0.39, 0.29) is 19.0 Å². The fraction of sp³-hybridized carbons (Fsp3) is 0.538. The van der Waals surface area contributed by atoms with Crippen molar-refractivity contribution in [3.8, 4) is 0 Å². The summed E-state index contributed by atoms with van der Waals surface area (Å²) in [5, 5.41) is 3.83. The summed E-state index contributed by atoms with van der Waals surface area (Å²) >= 11 is 0. The largest absolute Gasteiger partial charge is 0.465 e. The zero-order valence-electron chi connectivity index (χ0n) is 22.2. The Hall–Kier alpha value is -3.43. The van der Waals surface area contributed by atoms with Crippen molar-refractivity contribution in [1.82, 2.24) is 9.88 Å². The van der Waals surface area contributed by atoms with E-state index in [1.165, 1.54) is 36.2 Å². The second kappa shape index (κ2) is 11.1. The maximum atomic E-state index is 13.6. The van der Waals surface area contributed by atoms with Gasteiger partial charge in [-0.1, -0.05) is 13.8 Å². The topological polar surface area (TPSA) is 107 Å². The van der Waals surface area contributed by atoms with Gasteiger partial charge in [-0.05, 0) is 63.8 Å². The van der Waals surface area contributed by atoms with Crippen molar-refractivity contribution >= 4 is 34.7 Å². The van der Waals surface area contributed by atoms with Crippen LogP contribution in [-0.2, 0) is 19.0 Å². The lowest BCUT2D eigenvalue weighted by Gasteiger charge is -2.43. The maximum Gasteiger partial charge on any atom is 0.412 e. The molecular formula is C26H36FN3O6. The molecule has 0 aliphatic rings. The van der Waals surface area contributed by atoms with Crippen LogP contribution in [0.25, 0.3) is 10.8 Å². The number of amides is 2. The van der Waals surface area contributed by atoms with Gasteiger partial charge in [-0.15, -0.1) is 0 Å². The highest BCUT2D eigenvalue weighted by Crippen LogP contribution is 2.33. The summed E-state index contributed by atoms with van der Waals surface area (Å²) in [6.45, 7) is 12.1. The molecule has 36 heavy (non-hydrogen) atoms. The van der Waals surface area contributed by atoms with E-state index in [1.807, 2.05) is 13.8 Å². The number of halogens is 1. The monoisotopic (exact) mass is 505 g/mol. The van der Waals surface area contributed by atoms with Gasteiger partial charge in [0.05, 0.1) is 12.1 Å². The van der Waals surface area contributed by atoms with Gasteiger partial charge in [-0.3, -0.25) is 10.1 Å². The number of pyridine rings is 1. The summed E-state index contributed by atoms with van der Waals surface area (Å²) in [7, 11) is 1.57. The molecule has 0 spiro atoms. The van der Waals surface area contributed by atoms with Crippen LogP contribution in [0.5, 0.6) is 0 Å². The summed E-state index contributed by atoms with van der Waals surface area (Å²) in [6.07, 6.45) is 0.460. The third kappa shape index (κ3) is 8.66. The van der Waals surface area contributed by atoms with E-state index in [2.05, 4.69) is 10.3 Å². The summed E-state index contributed by atoms with van der Waals surface area (Å²) in [5.74, 6) is -0.626. The number of nitrogens with one attached hydrogen (secondary N) is 1. The van der Waals surface area contributed by atoms with Crippen molar-refractivity contribution in [3.63, 3.8) is 0 Å². The minimum absolute atomic E-state index is 0.115. The van der Waals surface area contributed by atoms with Crippen LogP contribution in [0.3, 0.4) is 0 Å². The number of esters is 1. The molecule has 2 amide bonds. The van der Waals surface area contributed by atoms with Crippen molar-refractivity contribution in [2.24, 2.45) is 5.41 Å². The van der Waals surface area contributed by atoms with Gasteiger partial charge in [-0.25, -0.2) is 19.0 Å². The van der Waals surface area contributed by atoms with Gasteiger partial charge in [0.2, 0.25) is 0 Å². The molecule has 0 saturated carbocycles. The Morgan fingerprint density at radius 2 is 1.67 bits per heavy atom. The standard InChI is InChI=1S/C26H36FN3O6/c1-17(31)34-15-25(5,6)14-26(7,30(8)23(33)36-24(2,3)4)16-35-22(32)29-21-12-19-11-20(27)10-9-18(19)13-28-21/h9-13H,14-16H2,1-8H3,(H,28,29,32)/t26-/m1/s1. The van der Waals surface area contributed by atoms with Crippen LogP contribution in [0, 0.1) is 11.2 Å². The normalized spacial score (nSPS) is 13.5. The van der Waals surface area contributed by atoms with Gasteiger partial charge >= 0.3 is 18.2 Å². The lowest BCUT2D eigenvalue weighted by molar-refractivity contribution is -0.145. The average molecular weight is 506 g/mol. The maximum absolute atomic E-state index is 13.6. The molecule has 198 valence electrons. The minimum Gasteiger partial charge on any atom is -0.465 e. The second-order valence-electron chi connectivity index (χ2n) is 10.9. The van der Waals surface area contributed by atoms with Gasteiger partial charge in [0.25, 0.3) is 0 Å². The molecule has 1 heterocycles. The van der Waals surface area contributed by atoms with Crippen LogP contribution in [0.15, 0.2) is 30.5 Å². The first-order valence-electron chi connectivity index (χ1n) is 11.6. The van der Waals surface area contributed by atoms with E-state index in [4.69, 9.17) is 14.2 Å². The van der Waals surface area contributed by atoms with Crippen LogP contribution in [0.2, 0.25) is 0 Å². The number of hydrogen-bond donors (Lipinski definition) is 1. The van der Waals surface area contributed by atoms with Crippen molar-refractivity contribution in [3.05, 3.63) is 36.3 Å². The molecule has 2 aromatic rings. The first-order valence-corrected chi connectivity index (χ1v) is 11.6. The molecule has 1 aromatic carbocycles. The summed E-state index contributed by atoms with van der Waals surface area (Å²) in [4.78, 5) is 42.4. The van der Waals surface area contributed by atoms with E-state index < -0.39 is 40.5 Å². The molecule has 0 aliphatic heterocycles. The van der Waals surface area contributed by atoms with Crippen LogP contribution in [0.4, 0.5) is 19.8 Å². The highest BCUT2D eigenvalue weighted by molar-refractivity contribution is 5.89. The molecule has 0 bridgehead atoms. The minimum atomic E-state index is -1.01. The first-order chi connectivity index (χ1) is 16.5. The third-order valence-corrected chi connectivity index (χ3v) is 5.43. The van der Waals surface area contributed by atoms with Crippen LogP contribution in [0.1, 0.15) is 54.9 Å². The smallest absolute Gasteiger partial charge is 0.412 e. The van der Waals surface area contributed by atoms with Crippen molar-refractivity contribution in [1.29, 1.82) is 0 Å². The lowest BCUT2D eigenvalue weighted by atomic mass is 9.79. The number of fused-ring (bicyclic) bond motifs is 1. The Morgan fingerprint density at radius 3 is 2.28 bits per heavy atom. The van der Waals surface area contributed by atoms with E-state index in [0.717, 1.165) is 5.39 Å². The Balaban J connectivity index is 2.18. The molecular weight excluding hydrogens is 469 g/mol. The number of nitrogens with zero attached hydrogens (tertiary/aromatic N) is 2. The second-order valence-corrected chi connectivity index (χ2v) is 10.9. The highest BCUT2D eigenvalue weighted by atomic mass is 19.1. The molecule has 1 N–H and O–H groups in total. The van der Waals surface area contributed by atoms with E-state index in [0.29, 0.717) is 11.8 Å². The fourth-order valence-electron chi connectivity index (χ4n) is 3.74. The zero-order chi connectivity index (χ0) is 27.3. The Kier molecular flexibility index (Phi) is 8.88. The van der Waals surface area contributed by atoms with Gasteiger partial charge in [-0.2, -0.15) is 0 Å². The molecule has 10 heteroatoms. The predicted octanol–water partition coefficient (Wildman–Crippen LogP) is 5.53. The Bertz CT molecular complexity index is 1110. The number of aromatic nitrogens is 1. The summed E-state index contributed by atoms with van der Waals surface area (Å²) in [6, 6.07) is 5.80.